The highest BCUT2D eigenvalue weighted by atomic mass is 35.5. The van der Waals surface area contributed by atoms with Gasteiger partial charge in [0, 0.05) is 18.8 Å². The largest absolute Gasteiger partial charge is 0.398 e. The van der Waals surface area contributed by atoms with Gasteiger partial charge in [-0.2, -0.15) is 0 Å². The number of anilines is 2. The van der Waals surface area contributed by atoms with Crippen molar-refractivity contribution in [3.8, 4) is 0 Å². The van der Waals surface area contributed by atoms with Crippen molar-refractivity contribution in [1.29, 1.82) is 0 Å². The highest BCUT2D eigenvalue weighted by molar-refractivity contribution is 6.33. The molecule has 0 bridgehead atoms. The molecule has 1 heterocycles. The molecule has 0 radical (unpaired) electrons. The van der Waals surface area contributed by atoms with Crippen molar-refractivity contribution in [3.05, 3.63) is 23.2 Å². The van der Waals surface area contributed by atoms with E-state index in [9.17, 15) is 0 Å². The van der Waals surface area contributed by atoms with Crippen molar-refractivity contribution in [2.24, 2.45) is 5.92 Å². The Morgan fingerprint density at radius 2 is 2.15 bits per heavy atom. The van der Waals surface area contributed by atoms with E-state index in [-0.39, 0.29) is 0 Å². The summed E-state index contributed by atoms with van der Waals surface area (Å²) in [5.41, 5.74) is 7.46. The number of nitrogens with zero attached hydrogens (tertiary/aromatic N) is 1. The lowest BCUT2D eigenvalue weighted by Crippen LogP contribution is -2.45. The minimum atomic E-state index is 0.650. The summed E-state index contributed by atoms with van der Waals surface area (Å²) < 4.78 is 0. The van der Waals surface area contributed by atoms with Crippen LogP contribution in [-0.4, -0.2) is 13.1 Å². The van der Waals surface area contributed by atoms with Crippen molar-refractivity contribution in [1.82, 2.24) is 0 Å². The van der Waals surface area contributed by atoms with Gasteiger partial charge in [0.1, 0.15) is 0 Å². The molecule has 0 aliphatic carbocycles. The SMILES string of the molecule is CC1CN(c2ccc(N)c(Cl)c2)C1. The van der Waals surface area contributed by atoms with E-state index in [1.807, 2.05) is 18.2 Å². The zero-order valence-corrected chi connectivity index (χ0v) is 8.38. The van der Waals surface area contributed by atoms with Crippen molar-refractivity contribution in [2.75, 3.05) is 23.7 Å². The summed E-state index contributed by atoms with van der Waals surface area (Å²) >= 11 is 5.92. The fraction of sp³-hybridized carbons (Fsp3) is 0.400. The molecule has 1 aromatic carbocycles. The maximum absolute atomic E-state index is 5.92. The highest BCUT2D eigenvalue weighted by Crippen LogP contribution is 2.29. The summed E-state index contributed by atoms with van der Waals surface area (Å²) in [6.45, 7) is 4.50. The molecule has 0 unspecified atom stereocenters. The van der Waals surface area contributed by atoms with E-state index >= 15 is 0 Å². The predicted molar refractivity (Wildman–Crippen MR) is 57.2 cm³/mol. The molecule has 2 N–H and O–H groups in total. The summed E-state index contributed by atoms with van der Waals surface area (Å²) in [6, 6.07) is 5.82. The number of rotatable bonds is 1. The van der Waals surface area contributed by atoms with E-state index in [0.717, 1.165) is 19.0 Å². The first-order valence-corrected chi connectivity index (χ1v) is 4.84. The summed E-state index contributed by atoms with van der Waals surface area (Å²) in [5, 5.41) is 0.650. The fourth-order valence-corrected chi connectivity index (χ4v) is 1.80. The van der Waals surface area contributed by atoms with Gasteiger partial charge in [0.15, 0.2) is 0 Å². The van der Waals surface area contributed by atoms with E-state index in [1.54, 1.807) is 0 Å². The third kappa shape index (κ3) is 1.59. The number of halogens is 1. The third-order valence-corrected chi connectivity index (χ3v) is 2.74. The average Bonchev–Trinajstić information content (AvgIpc) is 2.05. The van der Waals surface area contributed by atoms with E-state index in [1.165, 1.54) is 5.69 Å². The van der Waals surface area contributed by atoms with Gasteiger partial charge in [-0.3, -0.25) is 0 Å². The van der Waals surface area contributed by atoms with Gasteiger partial charge in [0.2, 0.25) is 0 Å². The van der Waals surface area contributed by atoms with Crippen molar-refractivity contribution in [3.63, 3.8) is 0 Å². The average molecular weight is 197 g/mol. The Morgan fingerprint density at radius 1 is 1.46 bits per heavy atom. The van der Waals surface area contributed by atoms with Crippen LogP contribution in [0.3, 0.4) is 0 Å². The van der Waals surface area contributed by atoms with Crippen LogP contribution < -0.4 is 10.6 Å². The normalized spacial score (nSPS) is 17.2. The van der Waals surface area contributed by atoms with Crippen LogP contribution in [0.2, 0.25) is 5.02 Å². The second-order valence-corrected chi connectivity index (χ2v) is 4.12. The lowest BCUT2D eigenvalue weighted by atomic mass is 10.0. The van der Waals surface area contributed by atoms with Gasteiger partial charge in [-0.15, -0.1) is 0 Å². The van der Waals surface area contributed by atoms with E-state index in [4.69, 9.17) is 17.3 Å². The fourth-order valence-electron chi connectivity index (χ4n) is 1.62. The van der Waals surface area contributed by atoms with Gasteiger partial charge >= 0.3 is 0 Å². The van der Waals surface area contributed by atoms with Crippen LogP contribution in [0.15, 0.2) is 18.2 Å². The quantitative estimate of drug-likeness (QED) is 0.699. The first-order chi connectivity index (χ1) is 6.16. The zero-order chi connectivity index (χ0) is 9.42. The molecule has 0 amide bonds. The number of nitrogens with two attached hydrogens (primary N) is 1. The second kappa shape index (κ2) is 3.11. The topological polar surface area (TPSA) is 29.3 Å². The maximum atomic E-state index is 5.92. The molecular weight excluding hydrogens is 184 g/mol. The van der Waals surface area contributed by atoms with Gasteiger partial charge < -0.3 is 10.6 Å². The molecule has 1 fully saturated rings. The monoisotopic (exact) mass is 196 g/mol. The molecule has 2 nitrogen and oxygen atoms in total. The molecule has 0 spiro atoms. The Bertz CT molecular complexity index is 319. The lowest BCUT2D eigenvalue weighted by molar-refractivity contribution is 0.447. The third-order valence-electron chi connectivity index (χ3n) is 2.41. The molecule has 2 rings (SSSR count). The standard InChI is InChI=1S/C10H13ClN2/c1-7-5-13(6-7)8-2-3-10(12)9(11)4-8/h2-4,7H,5-6,12H2,1H3. The Balaban J connectivity index is 2.18. The van der Waals surface area contributed by atoms with Gasteiger partial charge in [0.05, 0.1) is 10.7 Å². The minimum Gasteiger partial charge on any atom is -0.398 e. The smallest absolute Gasteiger partial charge is 0.0656 e. The van der Waals surface area contributed by atoms with Crippen LogP contribution in [0.4, 0.5) is 11.4 Å². The Kier molecular flexibility index (Phi) is 2.08. The van der Waals surface area contributed by atoms with E-state index in [2.05, 4.69) is 11.8 Å². The maximum Gasteiger partial charge on any atom is 0.0656 e. The summed E-state index contributed by atoms with van der Waals surface area (Å²) in [4.78, 5) is 2.30. The molecule has 0 atom stereocenters. The molecule has 0 saturated carbocycles. The second-order valence-electron chi connectivity index (χ2n) is 3.72. The highest BCUT2D eigenvalue weighted by Gasteiger charge is 2.22. The van der Waals surface area contributed by atoms with Crippen molar-refractivity contribution >= 4 is 23.0 Å². The minimum absolute atomic E-state index is 0.650. The van der Waals surface area contributed by atoms with Crippen LogP contribution in [0.25, 0.3) is 0 Å². The summed E-state index contributed by atoms with van der Waals surface area (Å²) in [7, 11) is 0. The lowest BCUT2D eigenvalue weighted by Gasteiger charge is -2.39. The van der Waals surface area contributed by atoms with Crippen LogP contribution >= 0.6 is 11.6 Å². The molecular formula is C10H13ClN2. The number of benzene rings is 1. The van der Waals surface area contributed by atoms with Gasteiger partial charge in [-0.25, -0.2) is 0 Å². The van der Waals surface area contributed by atoms with Crippen LogP contribution in [0.5, 0.6) is 0 Å². The number of hydrogen-bond donors (Lipinski definition) is 1. The molecule has 1 aliphatic heterocycles. The molecule has 0 aromatic heterocycles. The van der Waals surface area contributed by atoms with Crippen LogP contribution in [0, 0.1) is 5.92 Å². The summed E-state index contributed by atoms with van der Waals surface area (Å²) in [5.74, 6) is 0.802. The van der Waals surface area contributed by atoms with Gasteiger partial charge in [-0.05, 0) is 24.1 Å². The molecule has 70 valence electrons. The Labute approximate surface area is 83.3 Å². The van der Waals surface area contributed by atoms with Gasteiger partial charge in [0.25, 0.3) is 0 Å². The molecule has 1 aromatic rings. The Morgan fingerprint density at radius 3 is 2.69 bits per heavy atom. The molecule has 1 saturated heterocycles. The first-order valence-electron chi connectivity index (χ1n) is 4.47. The number of hydrogen-bond acceptors (Lipinski definition) is 2. The van der Waals surface area contributed by atoms with Crippen molar-refractivity contribution < 1.29 is 0 Å². The predicted octanol–water partition coefficient (Wildman–Crippen LogP) is 2.38. The van der Waals surface area contributed by atoms with E-state index < -0.39 is 0 Å². The molecule has 1 aliphatic rings. The molecule has 3 heteroatoms. The first kappa shape index (κ1) is 8.70. The van der Waals surface area contributed by atoms with Gasteiger partial charge in [-0.1, -0.05) is 18.5 Å². The Hall–Kier alpha value is -0.890. The van der Waals surface area contributed by atoms with Crippen LogP contribution in [0.1, 0.15) is 6.92 Å². The summed E-state index contributed by atoms with van der Waals surface area (Å²) in [6.07, 6.45) is 0. The van der Waals surface area contributed by atoms with Crippen LogP contribution in [-0.2, 0) is 0 Å². The molecule has 13 heavy (non-hydrogen) atoms. The van der Waals surface area contributed by atoms with Crippen molar-refractivity contribution in [2.45, 2.75) is 6.92 Å². The zero-order valence-electron chi connectivity index (χ0n) is 7.63. The number of nitrogen functional groups attached to an aromatic ring is 1. The van der Waals surface area contributed by atoms with E-state index in [0.29, 0.717) is 10.7 Å².